The fourth-order valence-electron chi connectivity index (χ4n) is 2.05. The van der Waals surface area contributed by atoms with E-state index in [1.807, 2.05) is 42.5 Å². The van der Waals surface area contributed by atoms with Gasteiger partial charge < -0.3 is 10.1 Å². The molecule has 0 aliphatic heterocycles. The molecule has 2 aromatic carbocycles. The summed E-state index contributed by atoms with van der Waals surface area (Å²) < 4.78 is 6.32. The number of benzene rings is 2. The molecule has 0 radical (unpaired) electrons. The van der Waals surface area contributed by atoms with E-state index in [2.05, 4.69) is 16.4 Å². The molecule has 1 aromatic heterocycles. The van der Waals surface area contributed by atoms with E-state index in [0.717, 1.165) is 16.1 Å². The van der Waals surface area contributed by atoms with Gasteiger partial charge in [-0.2, -0.15) is 0 Å². The molecule has 23 heavy (non-hydrogen) atoms. The topological polar surface area (TPSA) is 34.2 Å². The lowest BCUT2D eigenvalue weighted by atomic mass is 10.2. The van der Waals surface area contributed by atoms with Gasteiger partial charge in [-0.15, -0.1) is 11.3 Å². The van der Waals surface area contributed by atoms with Gasteiger partial charge >= 0.3 is 0 Å². The van der Waals surface area contributed by atoms with Gasteiger partial charge in [0.15, 0.2) is 4.47 Å². The second-order valence-corrected chi connectivity index (χ2v) is 6.96. The van der Waals surface area contributed by atoms with Crippen LogP contribution in [0.4, 0.5) is 5.69 Å². The van der Waals surface area contributed by atoms with Crippen molar-refractivity contribution < 1.29 is 4.74 Å². The molecule has 0 bridgehead atoms. The maximum Gasteiger partial charge on any atom is 0.183 e. The van der Waals surface area contributed by atoms with Crippen molar-refractivity contribution in [2.45, 2.75) is 13.2 Å². The number of para-hydroxylation sites is 1. The summed E-state index contributed by atoms with van der Waals surface area (Å²) in [4.78, 5) is 5.12. The number of hydrogen-bond donors (Lipinski definition) is 1. The number of hydrogen-bond acceptors (Lipinski definition) is 4. The largest absolute Gasteiger partial charge is 0.487 e. The molecule has 3 rings (SSSR count). The Morgan fingerprint density at radius 2 is 1.96 bits per heavy atom. The maximum absolute atomic E-state index is 6.09. The molecule has 118 valence electrons. The van der Waals surface area contributed by atoms with Crippen LogP contribution in [0.5, 0.6) is 5.75 Å². The van der Waals surface area contributed by atoms with Crippen LogP contribution in [-0.4, -0.2) is 4.98 Å². The predicted molar refractivity (Wildman–Crippen MR) is 96.7 cm³/mol. The minimum absolute atomic E-state index is 0.464. The molecule has 3 aromatic rings. The number of halogens is 2. The summed E-state index contributed by atoms with van der Waals surface area (Å²) in [5.41, 5.74) is 2.09. The summed E-state index contributed by atoms with van der Waals surface area (Å²) >= 11 is 13.4. The average molecular weight is 365 g/mol. The van der Waals surface area contributed by atoms with Gasteiger partial charge in [-0.25, -0.2) is 4.98 Å². The smallest absolute Gasteiger partial charge is 0.183 e. The Labute approximate surface area is 148 Å². The number of ether oxygens (including phenoxy) is 1. The van der Waals surface area contributed by atoms with Crippen molar-refractivity contribution in [2.24, 2.45) is 0 Å². The van der Waals surface area contributed by atoms with Gasteiger partial charge in [0.1, 0.15) is 12.4 Å². The molecule has 0 saturated heterocycles. The summed E-state index contributed by atoms with van der Waals surface area (Å²) in [7, 11) is 0. The van der Waals surface area contributed by atoms with Crippen LogP contribution < -0.4 is 10.1 Å². The highest BCUT2D eigenvalue weighted by Gasteiger charge is 2.03. The van der Waals surface area contributed by atoms with Crippen LogP contribution in [0.2, 0.25) is 9.49 Å². The van der Waals surface area contributed by atoms with E-state index in [-0.39, 0.29) is 0 Å². The molecule has 3 nitrogen and oxygen atoms in total. The second kappa shape index (κ2) is 7.68. The third-order valence-electron chi connectivity index (χ3n) is 3.15. The van der Waals surface area contributed by atoms with E-state index in [9.17, 15) is 0 Å². The molecule has 0 atom stereocenters. The Kier molecular flexibility index (Phi) is 5.39. The van der Waals surface area contributed by atoms with Gasteiger partial charge in [-0.3, -0.25) is 0 Å². The van der Waals surface area contributed by atoms with Crippen LogP contribution in [0.25, 0.3) is 0 Å². The molecule has 0 saturated carbocycles. The number of anilines is 1. The normalized spacial score (nSPS) is 10.5. The zero-order chi connectivity index (χ0) is 16.1. The van der Waals surface area contributed by atoms with E-state index in [1.54, 1.807) is 6.20 Å². The summed E-state index contributed by atoms with van der Waals surface area (Å²) in [5.74, 6) is 0.687. The minimum atomic E-state index is 0.464. The van der Waals surface area contributed by atoms with E-state index in [4.69, 9.17) is 27.9 Å². The van der Waals surface area contributed by atoms with Crippen LogP contribution in [0.1, 0.15) is 10.4 Å². The highest BCUT2D eigenvalue weighted by molar-refractivity contribution is 7.15. The van der Waals surface area contributed by atoms with E-state index in [0.29, 0.717) is 28.4 Å². The van der Waals surface area contributed by atoms with Gasteiger partial charge in [0.2, 0.25) is 0 Å². The second-order valence-electron chi connectivity index (χ2n) is 4.85. The highest BCUT2D eigenvalue weighted by atomic mass is 35.5. The van der Waals surface area contributed by atoms with Crippen molar-refractivity contribution in [1.82, 2.24) is 4.98 Å². The molecule has 0 aliphatic rings. The Morgan fingerprint density at radius 3 is 2.74 bits per heavy atom. The zero-order valence-corrected chi connectivity index (χ0v) is 14.5. The first-order valence-electron chi connectivity index (χ1n) is 7.01. The first kappa shape index (κ1) is 16.1. The van der Waals surface area contributed by atoms with Crippen LogP contribution in [-0.2, 0) is 13.2 Å². The summed E-state index contributed by atoms with van der Waals surface area (Å²) in [6.07, 6.45) is 1.78. The molecule has 1 heterocycles. The van der Waals surface area contributed by atoms with Crippen molar-refractivity contribution in [3.05, 3.63) is 74.7 Å². The van der Waals surface area contributed by atoms with Crippen LogP contribution in [0.15, 0.2) is 54.7 Å². The summed E-state index contributed by atoms with van der Waals surface area (Å²) in [5, 5.41) is 3.97. The molecule has 0 unspecified atom stereocenters. The quantitative estimate of drug-likeness (QED) is 0.614. The lowest BCUT2D eigenvalue weighted by Gasteiger charge is -2.10. The first-order valence-corrected chi connectivity index (χ1v) is 8.58. The van der Waals surface area contributed by atoms with Crippen molar-refractivity contribution in [1.29, 1.82) is 0 Å². The lowest BCUT2D eigenvalue weighted by Crippen LogP contribution is -2.00. The van der Waals surface area contributed by atoms with Gasteiger partial charge in [0.25, 0.3) is 0 Å². The molecule has 6 heteroatoms. The summed E-state index contributed by atoms with van der Waals surface area (Å²) in [6.45, 7) is 1.16. The average Bonchev–Trinajstić information content (AvgIpc) is 2.98. The fraction of sp³-hybridized carbons (Fsp3) is 0.118. The fourth-order valence-corrected chi connectivity index (χ4v) is 3.16. The maximum atomic E-state index is 6.09. The van der Waals surface area contributed by atoms with Crippen LogP contribution >= 0.6 is 34.5 Å². The number of nitrogens with zero attached hydrogens (tertiary/aromatic N) is 1. The monoisotopic (exact) mass is 364 g/mol. The number of rotatable bonds is 6. The molecule has 1 N–H and O–H groups in total. The minimum Gasteiger partial charge on any atom is -0.487 e. The van der Waals surface area contributed by atoms with Crippen LogP contribution in [0, 0.1) is 0 Å². The van der Waals surface area contributed by atoms with E-state index >= 15 is 0 Å². The highest BCUT2D eigenvalue weighted by Crippen LogP contribution is 2.24. The van der Waals surface area contributed by atoms with Crippen molar-refractivity contribution in [2.75, 3.05) is 5.32 Å². The van der Waals surface area contributed by atoms with Crippen LogP contribution in [0.3, 0.4) is 0 Å². The number of thiazole rings is 1. The molecular weight excluding hydrogens is 351 g/mol. The van der Waals surface area contributed by atoms with Gasteiger partial charge in [0.05, 0.1) is 11.6 Å². The Morgan fingerprint density at radius 1 is 1.09 bits per heavy atom. The van der Waals surface area contributed by atoms with Crippen molar-refractivity contribution in [3.63, 3.8) is 0 Å². The van der Waals surface area contributed by atoms with Gasteiger partial charge in [-0.1, -0.05) is 47.5 Å². The number of nitrogens with one attached hydrogen (secondary N) is 1. The Hall–Kier alpha value is -1.75. The lowest BCUT2D eigenvalue weighted by molar-refractivity contribution is 0.306. The Balaban J connectivity index is 1.60. The molecule has 0 aliphatic carbocycles. The summed E-state index contributed by atoms with van der Waals surface area (Å²) in [6, 6.07) is 15.5. The third-order valence-corrected chi connectivity index (χ3v) is 4.58. The third kappa shape index (κ3) is 4.61. The molecule has 0 amide bonds. The molecule has 0 spiro atoms. The Bertz CT molecular complexity index is 792. The van der Waals surface area contributed by atoms with Gasteiger partial charge in [-0.05, 0) is 29.8 Å². The van der Waals surface area contributed by atoms with Gasteiger partial charge in [0, 0.05) is 16.8 Å². The zero-order valence-electron chi connectivity index (χ0n) is 12.1. The number of aromatic nitrogens is 1. The van der Waals surface area contributed by atoms with E-state index < -0.39 is 0 Å². The van der Waals surface area contributed by atoms with Crippen molar-refractivity contribution in [3.8, 4) is 5.75 Å². The molecule has 0 fully saturated rings. The van der Waals surface area contributed by atoms with Crippen molar-refractivity contribution >= 4 is 40.2 Å². The molecular formula is C17H14Cl2N2OS. The SMILES string of the molecule is Clc1ncc(CNc2cccc(COc3ccccc3Cl)c2)s1. The predicted octanol–water partition coefficient (Wildman–Crippen LogP) is 5.64. The van der Waals surface area contributed by atoms with E-state index in [1.165, 1.54) is 11.3 Å². The first-order chi connectivity index (χ1) is 11.2. The standard InChI is InChI=1S/C17H14Cl2N2OS/c18-15-6-1-2-7-16(15)22-11-12-4-3-5-13(8-12)20-9-14-10-21-17(19)23-14/h1-8,10,20H,9,11H2.